The molecule has 56 heavy (non-hydrogen) atoms. The summed E-state index contributed by atoms with van der Waals surface area (Å²) < 4.78 is 8.29. The SMILES string of the molecule is Cc1ccc(N2C(=O)C3CC=C4C(CC5C(=O)N(c6cc(-c7sc8ccc(Cl)cc8c7C)nn6C)C(=O)C5(C)C4c4ccc(OCCO)cc4)C3C2=O)cc1Cl. The van der Waals surface area contributed by atoms with Crippen LogP contribution in [-0.2, 0) is 26.2 Å². The van der Waals surface area contributed by atoms with Crippen LogP contribution in [0.5, 0.6) is 5.75 Å². The molecule has 1 N–H and O–H groups in total. The molecule has 2 aliphatic carbocycles. The minimum atomic E-state index is -1.23. The van der Waals surface area contributed by atoms with Gasteiger partial charge >= 0.3 is 0 Å². The Morgan fingerprint density at radius 2 is 1.70 bits per heavy atom. The number of anilines is 2. The van der Waals surface area contributed by atoms with Gasteiger partial charge in [0.2, 0.25) is 23.6 Å². The summed E-state index contributed by atoms with van der Waals surface area (Å²) in [5.74, 6) is -3.61. The first-order valence-corrected chi connectivity index (χ1v) is 20.2. The van der Waals surface area contributed by atoms with E-state index >= 15 is 4.79 Å². The number of halogens is 2. The monoisotopic (exact) mass is 808 g/mol. The Bertz CT molecular complexity index is 2540. The van der Waals surface area contributed by atoms with E-state index in [4.69, 9.17) is 33.0 Å². The van der Waals surface area contributed by atoms with Crippen molar-refractivity contribution in [2.24, 2.45) is 36.1 Å². The maximum atomic E-state index is 15.2. The first-order chi connectivity index (χ1) is 26.8. The number of fused-ring (bicyclic) bond motifs is 5. The molecule has 0 spiro atoms. The molecule has 2 aliphatic heterocycles. The predicted octanol–water partition coefficient (Wildman–Crippen LogP) is 8.03. The van der Waals surface area contributed by atoms with Crippen molar-refractivity contribution in [2.75, 3.05) is 23.0 Å². The molecule has 2 aromatic heterocycles. The highest BCUT2D eigenvalue weighted by atomic mass is 35.5. The molecule has 1 saturated carbocycles. The zero-order chi connectivity index (χ0) is 39.4. The number of carbonyl (C=O) groups excluding carboxylic acids is 4. The smallest absolute Gasteiger partial charge is 0.242 e. The summed E-state index contributed by atoms with van der Waals surface area (Å²) in [4.78, 5) is 62.1. The van der Waals surface area contributed by atoms with Crippen molar-refractivity contribution in [3.63, 3.8) is 0 Å². The lowest BCUT2D eigenvalue weighted by atomic mass is 9.51. The molecule has 13 heteroatoms. The van der Waals surface area contributed by atoms with E-state index in [1.165, 1.54) is 9.80 Å². The molecule has 3 fully saturated rings. The van der Waals surface area contributed by atoms with Gasteiger partial charge < -0.3 is 9.84 Å². The number of benzene rings is 3. The molecule has 2 saturated heterocycles. The van der Waals surface area contributed by atoms with Crippen LogP contribution in [0, 0.1) is 42.9 Å². The molecule has 6 unspecified atom stereocenters. The Hall–Kier alpha value is -4.81. The summed E-state index contributed by atoms with van der Waals surface area (Å²) in [7, 11) is 1.73. The Kier molecular flexibility index (Phi) is 8.81. The quantitative estimate of drug-likeness (QED) is 0.131. The maximum Gasteiger partial charge on any atom is 0.242 e. The average molecular weight is 810 g/mol. The van der Waals surface area contributed by atoms with E-state index in [1.807, 2.05) is 57.2 Å². The molecule has 286 valence electrons. The van der Waals surface area contributed by atoms with E-state index in [0.29, 0.717) is 39.4 Å². The molecular weight excluding hydrogens is 771 g/mol. The average Bonchev–Trinajstić information content (AvgIpc) is 3.85. The zero-order valence-corrected chi connectivity index (χ0v) is 33.4. The topological polar surface area (TPSA) is 122 Å². The third-order valence-corrected chi connectivity index (χ3v) is 14.4. The Morgan fingerprint density at radius 3 is 2.43 bits per heavy atom. The number of allylic oxidation sites excluding steroid dienone is 2. The van der Waals surface area contributed by atoms with E-state index in [2.05, 4.69) is 0 Å². The van der Waals surface area contributed by atoms with Gasteiger partial charge in [0.15, 0.2) is 0 Å². The van der Waals surface area contributed by atoms with Crippen molar-refractivity contribution in [3.8, 4) is 16.3 Å². The Balaban J connectivity index is 1.14. The van der Waals surface area contributed by atoms with Gasteiger partial charge in [0.05, 0.1) is 40.3 Å². The fourth-order valence-electron chi connectivity index (χ4n) is 9.72. The number of thiophene rings is 1. The predicted molar refractivity (Wildman–Crippen MR) is 216 cm³/mol. The minimum Gasteiger partial charge on any atom is -0.491 e. The highest BCUT2D eigenvalue weighted by Gasteiger charge is 2.68. The van der Waals surface area contributed by atoms with Crippen LogP contribution >= 0.6 is 34.5 Å². The number of amides is 4. The van der Waals surface area contributed by atoms with Crippen LogP contribution in [0.2, 0.25) is 10.0 Å². The van der Waals surface area contributed by atoms with E-state index in [-0.39, 0.29) is 43.3 Å². The third kappa shape index (κ3) is 5.35. The maximum absolute atomic E-state index is 15.2. The Morgan fingerprint density at radius 1 is 0.929 bits per heavy atom. The second kappa shape index (κ2) is 13.4. The van der Waals surface area contributed by atoms with Gasteiger partial charge in [-0.3, -0.25) is 23.9 Å². The van der Waals surface area contributed by atoms with Crippen molar-refractivity contribution < 1.29 is 29.0 Å². The number of ether oxygens (including phenoxy) is 1. The third-order valence-electron chi connectivity index (χ3n) is 12.5. The number of hydrogen-bond donors (Lipinski definition) is 1. The molecular formula is C43H38Cl2N4O6S. The lowest BCUT2D eigenvalue weighted by Crippen LogP contribution is -2.48. The minimum absolute atomic E-state index is 0.126. The summed E-state index contributed by atoms with van der Waals surface area (Å²) in [5.41, 5.74) is 3.33. The van der Waals surface area contributed by atoms with Gasteiger partial charge in [-0.05, 0) is 104 Å². The number of aliphatic hydroxyl groups excluding tert-OH is 1. The molecule has 4 amide bonds. The summed E-state index contributed by atoms with van der Waals surface area (Å²) >= 11 is 14.4. The molecule has 0 radical (unpaired) electrons. The normalized spacial score (nSPS) is 25.8. The fourth-order valence-corrected chi connectivity index (χ4v) is 11.2. The van der Waals surface area contributed by atoms with Crippen molar-refractivity contribution in [1.29, 1.82) is 0 Å². The van der Waals surface area contributed by atoms with Crippen LogP contribution in [0.1, 0.15) is 42.4 Å². The van der Waals surface area contributed by atoms with Crippen molar-refractivity contribution in [1.82, 2.24) is 9.78 Å². The highest BCUT2D eigenvalue weighted by Crippen LogP contribution is 2.64. The molecule has 9 rings (SSSR count). The molecule has 5 aromatic rings. The summed E-state index contributed by atoms with van der Waals surface area (Å²) in [6.45, 7) is 5.72. The van der Waals surface area contributed by atoms with Crippen LogP contribution in [-0.4, -0.2) is 51.7 Å². The Labute approximate surface area is 337 Å². The van der Waals surface area contributed by atoms with Gasteiger partial charge in [0, 0.05) is 33.8 Å². The van der Waals surface area contributed by atoms with E-state index in [9.17, 15) is 19.5 Å². The van der Waals surface area contributed by atoms with Crippen molar-refractivity contribution in [3.05, 3.63) is 105 Å². The largest absolute Gasteiger partial charge is 0.491 e. The summed E-state index contributed by atoms with van der Waals surface area (Å²) in [5, 5.41) is 16.2. The molecule has 4 aliphatic rings. The second-order valence-electron chi connectivity index (χ2n) is 15.5. The molecule has 0 bridgehead atoms. The van der Waals surface area contributed by atoms with Crippen LogP contribution in [0.25, 0.3) is 20.7 Å². The van der Waals surface area contributed by atoms with Gasteiger partial charge in [0.1, 0.15) is 23.9 Å². The lowest BCUT2D eigenvalue weighted by molar-refractivity contribution is -0.131. The zero-order valence-electron chi connectivity index (χ0n) is 31.1. The van der Waals surface area contributed by atoms with Gasteiger partial charge in [-0.25, -0.2) is 9.80 Å². The van der Waals surface area contributed by atoms with E-state index < -0.39 is 35.0 Å². The number of hydrogen-bond acceptors (Lipinski definition) is 8. The van der Waals surface area contributed by atoms with Gasteiger partial charge in [-0.2, -0.15) is 5.10 Å². The van der Waals surface area contributed by atoms with Crippen LogP contribution in [0.15, 0.2) is 78.4 Å². The van der Waals surface area contributed by atoms with Crippen molar-refractivity contribution >= 4 is 79.8 Å². The van der Waals surface area contributed by atoms with Crippen LogP contribution in [0.4, 0.5) is 11.5 Å². The number of nitrogens with zero attached hydrogens (tertiary/aromatic N) is 4. The lowest BCUT2D eigenvalue weighted by Gasteiger charge is -2.49. The first kappa shape index (κ1) is 36.8. The van der Waals surface area contributed by atoms with E-state index in [0.717, 1.165) is 37.2 Å². The fraction of sp³-hybridized carbons (Fsp3) is 0.326. The molecule has 6 atom stereocenters. The number of imide groups is 2. The standard InChI is InChI=1S/C43H38Cl2N4O6S/c1-21-5-9-25(18-32(21)45)48-39(51)28-13-12-27-30(36(28)41(48)53)19-31-40(52)49(42(54)43(31,3)37(27)23-6-10-26(11-7-23)55-16-15-50)35-20-33(46-47(35)4)38-22(2)29-17-24(44)8-14-34(29)56-38/h5-12,14,17-18,20,28,30-31,36-37,50H,13,15-16,19H2,1-4H3. The number of aryl methyl sites for hydroxylation is 3. The van der Waals surface area contributed by atoms with Crippen molar-refractivity contribution in [2.45, 2.75) is 39.5 Å². The summed E-state index contributed by atoms with van der Waals surface area (Å²) in [6.07, 6.45) is 2.58. The highest BCUT2D eigenvalue weighted by molar-refractivity contribution is 7.22. The van der Waals surface area contributed by atoms with Crippen LogP contribution in [0.3, 0.4) is 0 Å². The number of carbonyl (C=O) groups is 4. The van der Waals surface area contributed by atoms with Gasteiger partial charge in [-0.15, -0.1) is 11.3 Å². The number of aromatic nitrogens is 2. The number of rotatable bonds is 7. The molecule has 3 aromatic carbocycles. The van der Waals surface area contributed by atoms with Gasteiger partial charge in [-0.1, -0.05) is 53.1 Å². The second-order valence-corrected chi connectivity index (χ2v) is 17.4. The molecule has 4 heterocycles. The van der Waals surface area contributed by atoms with Gasteiger partial charge in [0.25, 0.3) is 0 Å². The first-order valence-electron chi connectivity index (χ1n) is 18.6. The number of aliphatic hydroxyl groups is 1. The molecule has 10 nitrogen and oxygen atoms in total. The van der Waals surface area contributed by atoms with Crippen LogP contribution < -0.4 is 14.5 Å². The van der Waals surface area contributed by atoms with E-state index in [1.54, 1.807) is 59.5 Å². The summed E-state index contributed by atoms with van der Waals surface area (Å²) in [6, 6.07) is 20.1.